The quantitative estimate of drug-likeness (QED) is 0.607. The number of piperidine rings is 3. The van der Waals surface area contributed by atoms with Crippen molar-refractivity contribution < 1.29 is 14.3 Å². The number of hydrogen-bond donors (Lipinski definition) is 1. The minimum absolute atomic E-state index is 0.0176. The number of benzene rings is 2. The summed E-state index contributed by atoms with van der Waals surface area (Å²) in [5.41, 5.74) is 5.69. The number of nitrogens with zero attached hydrogens (tertiary/aromatic N) is 2. The maximum Gasteiger partial charge on any atom is 0.407 e. The van der Waals surface area contributed by atoms with Crippen LogP contribution < -0.4 is 10.2 Å². The first-order valence-electron chi connectivity index (χ1n) is 13.3. The van der Waals surface area contributed by atoms with Crippen LogP contribution in [0.4, 0.5) is 10.5 Å². The fraction of sp³-hybridized carbons (Fsp3) is 0.552. The zero-order valence-electron chi connectivity index (χ0n) is 21.3. The summed E-state index contributed by atoms with van der Waals surface area (Å²) in [6, 6.07) is 12.8. The molecule has 1 amide bonds. The Morgan fingerprint density at radius 2 is 1.78 bits per heavy atom. The molecule has 2 atom stereocenters. The highest BCUT2D eigenvalue weighted by Crippen LogP contribution is 2.46. The molecule has 7 rings (SSSR count). The summed E-state index contributed by atoms with van der Waals surface area (Å²) >= 11 is 6.71. The molecule has 4 aliphatic heterocycles. The standard InChI is InChI=1S/C29H36ClN3O3/c1-29(2)17-22-15-20(21-4-6-25(24(30)16-21)33-11-13-35-14-12-33)3-5-23(22)27(29)31-28(34)36-26-18-32-9-7-19(26)8-10-32/h3-6,15-16,19,26-27H,7-14,17-18H2,1-2H3,(H,31,34)/t26-,27?/m0/s1. The maximum absolute atomic E-state index is 13.0. The number of carbonyl (C=O) groups excluding carboxylic acids is 1. The molecule has 2 aromatic rings. The van der Waals surface area contributed by atoms with Gasteiger partial charge in [-0.05, 0) is 78.1 Å². The number of carbonyl (C=O) groups is 1. The highest BCUT2D eigenvalue weighted by molar-refractivity contribution is 6.33. The van der Waals surface area contributed by atoms with Crippen molar-refractivity contribution in [3.8, 4) is 11.1 Å². The van der Waals surface area contributed by atoms with E-state index in [4.69, 9.17) is 21.1 Å². The number of hydrogen-bond acceptors (Lipinski definition) is 5. The van der Waals surface area contributed by atoms with Gasteiger partial charge in [0, 0.05) is 19.6 Å². The highest BCUT2D eigenvalue weighted by atomic mass is 35.5. The molecule has 192 valence electrons. The normalized spacial score (nSPS) is 28.6. The molecular weight excluding hydrogens is 474 g/mol. The summed E-state index contributed by atoms with van der Waals surface area (Å²) in [4.78, 5) is 17.6. The lowest BCUT2D eigenvalue weighted by Crippen LogP contribution is -2.53. The molecule has 2 bridgehead atoms. The van der Waals surface area contributed by atoms with Gasteiger partial charge in [0.25, 0.3) is 0 Å². The molecule has 0 spiro atoms. The Morgan fingerprint density at radius 1 is 1.06 bits per heavy atom. The Bertz CT molecular complexity index is 1140. The topological polar surface area (TPSA) is 54.0 Å². The number of anilines is 1. The van der Waals surface area contributed by atoms with Gasteiger partial charge in [0.05, 0.1) is 30.0 Å². The third-order valence-corrected chi connectivity index (χ3v) is 8.93. The molecule has 6 nitrogen and oxygen atoms in total. The Hall–Kier alpha value is -2.28. The molecular formula is C29H36ClN3O3. The smallest absolute Gasteiger partial charge is 0.407 e. The van der Waals surface area contributed by atoms with Gasteiger partial charge in [-0.25, -0.2) is 4.79 Å². The van der Waals surface area contributed by atoms with E-state index in [1.54, 1.807) is 0 Å². The summed E-state index contributed by atoms with van der Waals surface area (Å²) in [5, 5.41) is 4.00. The van der Waals surface area contributed by atoms with Crippen molar-refractivity contribution in [1.29, 1.82) is 0 Å². The van der Waals surface area contributed by atoms with Crippen molar-refractivity contribution in [2.45, 2.75) is 45.3 Å². The zero-order chi connectivity index (χ0) is 24.9. The molecule has 1 N–H and O–H groups in total. The van der Waals surface area contributed by atoms with Crippen molar-refractivity contribution in [3.05, 3.63) is 52.5 Å². The molecule has 1 aliphatic carbocycles. The van der Waals surface area contributed by atoms with E-state index >= 15 is 0 Å². The van der Waals surface area contributed by atoms with E-state index < -0.39 is 0 Å². The van der Waals surface area contributed by atoms with Crippen molar-refractivity contribution in [2.24, 2.45) is 11.3 Å². The molecule has 7 heteroatoms. The van der Waals surface area contributed by atoms with Crippen molar-refractivity contribution in [2.75, 3.05) is 50.8 Å². The molecule has 4 saturated heterocycles. The molecule has 5 aliphatic rings. The van der Waals surface area contributed by atoms with E-state index in [1.165, 1.54) is 11.1 Å². The van der Waals surface area contributed by atoms with Crippen LogP contribution in [0.1, 0.15) is 43.9 Å². The molecule has 1 unspecified atom stereocenters. The van der Waals surface area contributed by atoms with Crippen LogP contribution in [0.25, 0.3) is 11.1 Å². The van der Waals surface area contributed by atoms with Crippen LogP contribution in [0, 0.1) is 11.3 Å². The SMILES string of the molecule is CC1(C)Cc2cc(-c3ccc(N4CCOCC4)c(Cl)c3)ccc2C1NC(=O)O[C@H]1CN2CCC1CC2. The van der Waals surface area contributed by atoms with Gasteiger partial charge in [0.15, 0.2) is 0 Å². The Morgan fingerprint density at radius 3 is 2.47 bits per heavy atom. The van der Waals surface area contributed by atoms with Crippen LogP contribution in [0.2, 0.25) is 5.02 Å². The third kappa shape index (κ3) is 4.59. The largest absolute Gasteiger partial charge is 0.445 e. The Labute approximate surface area is 218 Å². The van der Waals surface area contributed by atoms with E-state index in [2.05, 4.69) is 65.4 Å². The first-order chi connectivity index (χ1) is 17.4. The number of nitrogens with one attached hydrogen (secondary N) is 1. The Kier molecular flexibility index (Phi) is 6.39. The molecule has 4 heterocycles. The minimum Gasteiger partial charge on any atom is -0.445 e. The average Bonchev–Trinajstić information content (AvgIpc) is 3.13. The minimum atomic E-state index is -0.283. The number of amides is 1. The second-order valence-corrected chi connectivity index (χ2v) is 11.9. The fourth-order valence-electron chi connectivity index (χ4n) is 6.59. The lowest BCUT2D eigenvalue weighted by molar-refractivity contribution is -0.0348. The number of alkyl carbamates (subject to hydrolysis) is 1. The van der Waals surface area contributed by atoms with Gasteiger partial charge in [0.1, 0.15) is 6.10 Å². The third-order valence-electron chi connectivity index (χ3n) is 8.63. The summed E-state index contributed by atoms with van der Waals surface area (Å²) in [7, 11) is 0. The number of halogens is 1. The molecule has 0 radical (unpaired) electrons. The Balaban J connectivity index is 1.18. The van der Waals surface area contributed by atoms with Crippen LogP contribution in [-0.4, -0.2) is 63.0 Å². The van der Waals surface area contributed by atoms with Crippen LogP contribution in [0.5, 0.6) is 0 Å². The lowest BCUT2D eigenvalue weighted by Gasteiger charge is -2.44. The predicted molar refractivity (Wildman–Crippen MR) is 143 cm³/mol. The van der Waals surface area contributed by atoms with Crippen LogP contribution in [-0.2, 0) is 15.9 Å². The van der Waals surface area contributed by atoms with Gasteiger partial charge in [-0.2, -0.15) is 0 Å². The van der Waals surface area contributed by atoms with Crippen LogP contribution >= 0.6 is 11.6 Å². The summed E-state index contributed by atoms with van der Waals surface area (Å²) in [5.74, 6) is 0.508. The van der Waals surface area contributed by atoms with Gasteiger partial charge >= 0.3 is 6.09 Å². The number of ether oxygens (including phenoxy) is 2. The first kappa shape index (κ1) is 24.1. The van der Waals surface area contributed by atoms with Crippen molar-refractivity contribution >= 4 is 23.4 Å². The van der Waals surface area contributed by atoms with Gasteiger partial charge in [-0.15, -0.1) is 0 Å². The monoisotopic (exact) mass is 509 g/mol. The maximum atomic E-state index is 13.0. The van der Waals surface area contributed by atoms with Crippen molar-refractivity contribution in [3.63, 3.8) is 0 Å². The molecule has 0 aromatic heterocycles. The number of rotatable bonds is 4. The number of fused-ring (bicyclic) bond motifs is 4. The number of morpholine rings is 1. The van der Waals surface area contributed by atoms with Gasteiger partial charge in [0.2, 0.25) is 0 Å². The summed E-state index contributed by atoms with van der Waals surface area (Å²) < 4.78 is 11.4. The van der Waals surface area contributed by atoms with Crippen LogP contribution in [0.3, 0.4) is 0 Å². The van der Waals surface area contributed by atoms with E-state index in [0.29, 0.717) is 5.92 Å². The molecule has 36 heavy (non-hydrogen) atoms. The van der Waals surface area contributed by atoms with Gasteiger partial charge in [-0.3, -0.25) is 4.90 Å². The van der Waals surface area contributed by atoms with E-state index in [0.717, 1.165) is 87.0 Å². The summed E-state index contributed by atoms with van der Waals surface area (Å²) in [6.07, 6.45) is 2.91. The first-order valence-corrected chi connectivity index (χ1v) is 13.7. The second-order valence-electron chi connectivity index (χ2n) is 11.5. The zero-order valence-corrected chi connectivity index (χ0v) is 22.0. The summed E-state index contributed by atoms with van der Waals surface area (Å²) in [6.45, 7) is 10.8. The molecule has 2 aromatic carbocycles. The van der Waals surface area contributed by atoms with Crippen molar-refractivity contribution in [1.82, 2.24) is 10.2 Å². The van der Waals surface area contributed by atoms with E-state index in [-0.39, 0.29) is 23.7 Å². The predicted octanol–water partition coefficient (Wildman–Crippen LogP) is 5.29. The highest BCUT2D eigenvalue weighted by Gasteiger charge is 2.42. The van der Waals surface area contributed by atoms with Gasteiger partial charge in [-0.1, -0.05) is 49.7 Å². The van der Waals surface area contributed by atoms with E-state index in [9.17, 15) is 4.79 Å². The lowest BCUT2D eigenvalue weighted by atomic mass is 9.85. The average molecular weight is 510 g/mol. The fourth-order valence-corrected chi connectivity index (χ4v) is 6.89. The van der Waals surface area contributed by atoms with Crippen LogP contribution in [0.15, 0.2) is 36.4 Å². The van der Waals surface area contributed by atoms with Gasteiger partial charge < -0.3 is 19.7 Å². The molecule has 4 fully saturated rings. The second kappa shape index (κ2) is 9.55. The van der Waals surface area contributed by atoms with E-state index in [1.807, 2.05) is 0 Å². The molecule has 0 saturated carbocycles.